The molecule has 2 aromatic rings. The summed E-state index contributed by atoms with van der Waals surface area (Å²) in [6.45, 7) is 0.204. The second kappa shape index (κ2) is 3.78. The molecule has 1 unspecified atom stereocenters. The Balaban J connectivity index is 2.10. The molecule has 0 aliphatic heterocycles. The zero-order valence-electron chi connectivity index (χ0n) is 9.80. The van der Waals surface area contributed by atoms with Crippen LogP contribution in [0.15, 0.2) is 12.3 Å². The molecule has 5 heteroatoms. The summed E-state index contributed by atoms with van der Waals surface area (Å²) >= 11 is 0. The number of hydrogen-bond acceptors (Lipinski definition) is 4. The van der Waals surface area contributed by atoms with Gasteiger partial charge in [0, 0.05) is 31.3 Å². The minimum atomic E-state index is -0.654. The van der Waals surface area contributed by atoms with E-state index in [1.807, 2.05) is 17.7 Å². The minimum absolute atomic E-state index is 0.204. The Hall–Kier alpha value is -1.46. The van der Waals surface area contributed by atoms with Crippen molar-refractivity contribution in [3.8, 4) is 0 Å². The molecule has 0 aromatic carbocycles. The van der Waals surface area contributed by atoms with Gasteiger partial charge in [-0.2, -0.15) is 0 Å². The molecule has 0 radical (unpaired) electrons. The van der Waals surface area contributed by atoms with Crippen molar-refractivity contribution in [3.05, 3.63) is 23.7 Å². The van der Waals surface area contributed by atoms with Gasteiger partial charge in [0.05, 0.1) is 6.10 Å². The number of nitrogens with zero attached hydrogens (tertiary/aromatic N) is 3. The van der Waals surface area contributed by atoms with Crippen molar-refractivity contribution in [2.45, 2.75) is 24.9 Å². The Morgan fingerprint density at radius 1 is 1.59 bits per heavy atom. The van der Waals surface area contributed by atoms with Gasteiger partial charge in [0.15, 0.2) is 5.65 Å². The number of nitrogens with two attached hydrogens (primary N) is 1. The van der Waals surface area contributed by atoms with Crippen LogP contribution in [0.3, 0.4) is 0 Å². The van der Waals surface area contributed by atoms with Gasteiger partial charge in [-0.1, -0.05) is 0 Å². The molecule has 0 amide bonds. The number of aryl methyl sites for hydroxylation is 1. The average molecular weight is 232 g/mol. The second-order valence-corrected chi connectivity index (χ2v) is 4.67. The van der Waals surface area contributed by atoms with E-state index in [0.29, 0.717) is 5.92 Å². The van der Waals surface area contributed by atoms with E-state index >= 15 is 0 Å². The summed E-state index contributed by atoms with van der Waals surface area (Å²) in [5.74, 6) is 1.70. The van der Waals surface area contributed by atoms with Gasteiger partial charge in [0.25, 0.3) is 0 Å². The highest BCUT2D eigenvalue weighted by Crippen LogP contribution is 2.40. The van der Waals surface area contributed by atoms with Gasteiger partial charge in [-0.15, -0.1) is 0 Å². The summed E-state index contributed by atoms with van der Waals surface area (Å²) in [4.78, 5) is 8.97. The smallest absolute Gasteiger partial charge is 0.159 e. The predicted octanol–water partition coefficient (Wildman–Crippen LogP) is 0.838. The van der Waals surface area contributed by atoms with E-state index < -0.39 is 6.10 Å². The summed E-state index contributed by atoms with van der Waals surface area (Å²) in [7, 11) is 2.00. The molecule has 0 bridgehead atoms. The third kappa shape index (κ3) is 1.71. The fourth-order valence-corrected chi connectivity index (χ4v) is 2.13. The van der Waals surface area contributed by atoms with Crippen molar-refractivity contribution in [2.75, 3.05) is 6.54 Å². The molecule has 1 saturated carbocycles. The standard InChI is InChI=1S/C12H16N4O/c1-16-11(7-2-3-7)15-9-4-8(10(17)5-13)6-14-12(9)16/h4,6-7,10,17H,2-3,5,13H2,1H3. The lowest BCUT2D eigenvalue weighted by Crippen LogP contribution is -2.11. The Morgan fingerprint density at radius 3 is 3.00 bits per heavy atom. The van der Waals surface area contributed by atoms with Crippen molar-refractivity contribution in [2.24, 2.45) is 12.8 Å². The number of hydrogen-bond donors (Lipinski definition) is 2. The third-order valence-corrected chi connectivity index (χ3v) is 3.32. The maximum absolute atomic E-state index is 9.69. The van der Waals surface area contributed by atoms with Crippen molar-refractivity contribution < 1.29 is 5.11 Å². The third-order valence-electron chi connectivity index (χ3n) is 3.32. The van der Waals surface area contributed by atoms with Gasteiger partial charge in [-0.05, 0) is 18.9 Å². The molecule has 2 heterocycles. The van der Waals surface area contributed by atoms with Crippen LogP contribution in [0.1, 0.15) is 36.3 Å². The van der Waals surface area contributed by atoms with Crippen LogP contribution in [0.5, 0.6) is 0 Å². The fourth-order valence-electron chi connectivity index (χ4n) is 2.13. The van der Waals surface area contributed by atoms with E-state index in [4.69, 9.17) is 5.73 Å². The first-order valence-electron chi connectivity index (χ1n) is 5.91. The molecule has 1 aliphatic rings. The van der Waals surface area contributed by atoms with Gasteiger partial charge in [-0.3, -0.25) is 0 Å². The van der Waals surface area contributed by atoms with Crippen molar-refractivity contribution in [3.63, 3.8) is 0 Å². The molecule has 0 saturated heterocycles. The average Bonchev–Trinajstić information content (AvgIpc) is 3.14. The highest BCUT2D eigenvalue weighted by molar-refractivity contribution is 5.72. The summed E-state index contributed by atoms with van der Waals surface area (Å²) in [6.07, 6.45) is 3.46. The molecule has 1 aliphatic carbocycles. The number of imidazole rings is 1. The van der Waals surface area contributed by atoms with E-state index in [9.17, 15) is 5.11 Å². The van der Waals surface area contributed by atoms with Gasteiger partial charge < -0.3 is 15.4 Å². The first-order chi connectivity index (χ1) is 8.20. The number of aromatic nitrogens is 3. The Bertz CT molecular complexity index is 559. The molecule has 3 rings (SSSR count). The second-order valence-electron chi connectivity index (χ2n) is 4.67. The van der Waals surface area contributed by atoms with Gasteiger partial charge in [0.2, 0.25) is 0 Å². The van der Waals surface area contributed by atoms with Crippen LogP contribution in [0.4, 0.5) is 0 Å². The molecular formula is C12H16N4O. The van der Waals surface area contributed by atoms with Gasteiger partial charge >= 0.3 is 0 Å². The Kier molecular flexibility index (Phi) is 2.38. The highest BCUT2D eigenvalue weighted by Gasteiger charge is 2.29. The lowest BCUT2D eigenvalue weighted by Gasteiger charge is -2.06. The normalized spacial score (nSPS) is 17.6. The fraction of sp³-hybridized carbons (Fsp3) is 0.500. The number of aliphatic hydroxyl groups excluding tert-OH is 1. The maximum Gasteiger partial charge on any atom is 0.159 e. The maximum atomic E-state index is 9.69. The number of rotatable bonds is 3. The summed E-state index contributed by atoms with van der Waals surface area (Å²) in [5, 5.41) is 9.69. The number of aliphatic hydroxyl groups is 1. The lowest BCUT2D eigenvalue weighted by molar-refractivity contribution is 0.186. The van der Waals surface area contributed by atoms with E-state index in [1.165, 1.54) is 12.8 Å². The summed E-state index contributed by atoms with van der Waals surface area (Å²) in [6, 6.07) is 1.88. The molecule has 1 atom stereocenters. The largest absolute Gasteiger partial charge is 0.387 e. The van der Waals surface area contributed by atoms with Crippen molar-refractivity contribution >= 4 is 11.2 Å². The zero-order valence-corrected chi connectivity index (χ0v) is 9.80. The molecule has 90 valence electrons. The van der Waals surface area contributed by atoms with E-state index in [-0.39, 0.29) is 6.54 Å². The molecule has 17 heavy (non-hydrogen) atoms. The number of pyridine rings is 1. The van der Waals surface area contributed by atoms with Crippen LogP contribution in [-0.2, 0) is 7.05 Å². The van der Waals surface area contributed by atoms with Crippen molar-refractivity contribution in [1.29, 1.82) is 0 Å². The SMILES string of the molecule is Cn1c(C2CC2)nc2cc(C(O)CN)cnc21. The molecule has 3 N–H and O–H groups in total. The number of fused-ring (bicyclic) bond motifs is 1. The Labute approximate surface area is 99.3 Å². The molecule has 1 fully saturated rings. The van der Waals surface area contributed by atoms with Crippen LogP contribution >= 0.6 is 0 Å². The minimum Gasteiger partial charge on any atom is -0.387 e. The van der Waals surface area contributed by atoms with Crippen LogP contribution in [0.2, 0.25) is 0 Å². The van der Waals surface area contributed by atoms with Crippen LogP contribution in [0.25, 0.3) is 11.2 Å². The van der Waals surface area contributed by atoms with E-state index in [0.717, 1.165) is 22.6 Å². The molecular weight excluding hydrogens is 216 g/mol. The zero-order chi connectivity index (χ0) is 12.0. The van der Waals surface area contributed by atoms with E-state index in [1.54, 1.807) is 6.20 Å². The first-order valence-corrected chi connectivity index (χ1v) is 5.91. The van der Waals surface area contributed by atoms with E-state index in [2.05, 4.69) is 9.97 Å². The summed E-state index contributed by atoms with van der Waals surface area (Å²) < 4.78 is 2.05. The monoisotopic (exact) mass is 232 g/mol. The van der Waals surface area contributed by atoms with Crippen molar-refractivity contribution in [1.82, 2.24) is 14.5 Å². The molecule has 0 spiro atoms. The first kappa shape index (κ1) is 10.7. The quantitative estimate of drug-likeness (QED) is 0.822. The highest BCUT2D eigenvalue weighted by atomic mass is 16.3. The molecule has 5 nitrogen and oxygen atoms in total. The van der Waals surface area contributed by atoms with Gasteiger partial charge in [0.1, 0.15) is 11.3 Å². The van der Waals surface area contributed by atoms with Gasteiger partial charge in [-0.25, -0.2) is 9.97 Å². The Morgan fingerprint density at radius 2 is 2.35 bits per heavy atom. The van der Waals surface area contributed by atoms with Crippen LogP contribution in [0, 0.1) is 0 Å². The van der Waals surface area contributed by atoms with Crippen LogP contribution in [-0.4, -0.2) is 26.2 Å². The molecule has 2 aromatic heterocycles. The summed E-state index contributed by atoms with van der Waals surface area (Å²) in [5.41, 5.74) is 7.90. The predicted molar refractivity (Wildman–Crippen MR) is 64.5 cm³/mol. The van der Waals surface area contributed by atoms with Crippen LogP contribution < -0.4 is 5.73 Å². The lowest BCUT2D eigenvalue weighted by atomic mass is 10.1. The topological polar surface area (TPSA) is 77.0 Å².